The summed E-state index contributed by atoms with van der Waals surface area (Å²) in [5.74, 6) is -0.0646. The summed E-state index contributed by atoms with van der Waals surface area (Å²) in [4.78, 5) is 30.9. The summed E-state index contributed by atoms with van der Waals surface area (Å²) in [7, 11) is 0. The maximum absolute atomic E-state index is 12.7. The zero-order chi connectivity index (χ0) is 15.5. The second-order valence-corrected chi connectivity index (χ2v) is 5.62. The maximum Gasteiger partial charge on any atom is 0.254 e. The molecule has 0 saturated carbocycles. The third-order valence-electron chi connectivity index (χ3n) is 4.08. The molecule has 2 aromatic rings. The van der Waals surface area contributed by atoms with Crippen molar-refractivity contribution in [2.24, 2.45) is 0 Å². The normalized spacial score (nSPS) is 17.5. The smallest absolute Gasteiger partial charge is 0.254 e. The van der Waals surface area contributed by atoms with Crippen molar-refractivity contribution < 1.29 is 9.59 Å². The van der Waals surface area contributed by atoms with Crippen LogP contribution in [-0.2, 0) is 0 Å². The van der Waals surface area contributed by atoms with E-state index < -0.39 is 0 Å². The van der Waals surface area contributed by atoms with Crippen LogP contribution in [0, 0.1) is 6.92 Å². The lowest BCUT2D eigenvalue weighted by molar-refractivity contribution is 0.0671. The molecule has 3 rings (SSSR count). The number of ketones is 1. The Labute approximate surface area is 129 Å². The fourth-order valence-electron chi connectivity index (χ4n) is 2.85. The molecule has 1 amide bonds. The summed E-state index contributed by atoms with van der Waals surface area (Å²) < 4.78 is 0. The number of benzene rings is 1. The Kier molecular flexibility index (Phi) is 4.00. The number of carbonyl (C=O) groups excluding carboxylic acids is 2. The molecule has 4 nitrogen and oxygen atoms in total. The van der Waals surface area contributed by atoms with Crippen molar-refractivity contribution in [1.29, 1.82) is 0 Å². The maximum atomic E-state index is 12.7. The Hall–Kier alpha value is -2.49. The number of likely N-dealkylation sites (tertiary alicyclic amines) is 1. The van der Waals surface area contributed by atoms with E-state index >= 15 is 0 Å². The second-order valence-electron chi connectivity index (χ2n) is 5.62. The van der Waals surface area contributed by atoms with Gasteiger partial charge in [0.25, 0.3) is 5.91 Å². The van der Waals surface area contributed by atoms with Crippen LogP contribution in [0.4, 0.5) is 0 Å². The van der Waals surface area contributed by atoms with Crippen LogP contribution in [0.3, 0.4) is 0 Å². The number of hydrogen-bond donors (Lipinski definition) is 0. The number of aryl methyl sites for hydroxylation is 1. The number of aromatic nitrogens is 1. The molecule has 112 valence electrons. The highest BCUT2D eigenvalue weighted by Gasteiger charge is 2.34. The number of carbonyl (C=O) groups is 2. The Morgan fingerprint density at radius 3 is 2.41 bits per heavy atom. The Morgan fingerprint density at radius 1 is 1.05 bits per heavy atom. The molecule has 2 heterocycles. The van der Waals surface area contributed by atoms with Crippen molar-refractivity contribution in [3.63, 3.8) is 0 Å². The third kappa shape index (κ3) is 2.77. The molecular weight excluding hydrogens is 276 g/mol. The number of amides is 1. The number of rotatable bonds is 3. The molecule has 1 unspecified atom stereocenters. The first-order valence-corrected chi connectivity index (χ1v) is 7.48. The highest BCUT2D eigenvalue weighted by atomic mass is 16.2. The van der Waals surface area contributed by atoms with E-state index in [1.54, 1.807) is 29.4 Å². The summed E-state index contributed by atoms with van der Waals surface area (Å²) in [5.41, 5.74) is 2.37. The minimum Gasteiger partial charge on any atom is -0.328 e. The van der Waals surface area contributed by atoms with E-state index in [0.717, 1.165) is 18.4 Å². The Balaban J connectivity index is 1.82. The lowest BCUT2D eigenvalue weighted by Crippen LogP contribution is -2.40. The van der Waals surface area contributed by atoms with Gasteiger partial charge in [-0.05, 0) is 31.9 Å². The molecule has 0 spiro atoms. The lowest BCUT2D eigenvalue weighted by atomic mass is 10.0. The first-order chi connectivity index (χ1) is 10.7. The topological polar surface area (TPSA) is 50.3 Å². The van der Waals surface area contributed by atoms with Crippen LogP contribution in [0.2, 0.25) is 0 Å². The monoisotopic (exact) mass is 294 g/mol. The summed E-state index contributed by atoms with van der Waals surface area (Å²) in [6.45, 7) is 2.62. The van der Waals surface area contributed by atoms with Crippen molar-refractivity contribution in [1.82, 2.24) is 9.88 Å². The van der Waals surface area contributed by atoms with Crippen molar-refractivity contribution in [2.45, 2.75) is 25.8 Å². The highest BCUT2D eigenvalue weighted by Crippen LogP contribution is 2.23. The standard InChI is InChI=1S/C18H18N2O2/c1-13-4-6-14(7-5-13)17(21)16-3-2-12-20(16)18(22)15-8-10-19-11-9-15/h4-11,16H,2-3,12H2,1H3. The van der Waals surface area contributed by atoms with Gasteiger partial charge in [0.1, 0.15) is 0 Å². The van der Waals surface area contributed by atoms with Crippen molar-refractivity contribution in [3.05, 3.63) is 65.5 Å². The SMILES string of the molecule is Cc1ccc(C(=O)C2CCCN2C(=O)c2ccncc2)cc1. The minimum atomic E-state index is -0.358. The van der Waals surface area contributed by atoms with Crippen LogP contribution < -0.4 is 0 Å². The Bertz CT molecular complexity index is 680. The summed E-state index contributed by atoms with van der Waals surface area (Å²) in [6.07, 6.45) is 4.78. The van der Waals surface area contributed by atoms with Crippen LogP contribution in [0.5, 0.6) is 0 Å². The van der Waals surface area contributed by atoms with Gasteiger partial charge in [-0.3, -0.25) is 14.6 Å². The van der Waals surface area contributed by atoms with Gasteiger partial charge in [-0.15, -0.1) is 0 Å². The van der Waals surface area contributed by atoms with Gasteiger partial charge in [-0.25, -0.2) is 0 Å². The molecule has 22 heavy (non-hydrogen) atoms. The number of nitrogens with zero attached hydrogens (tertiary/aromatic N) is 2. The van der Waals surface area contributed by atoms with E-state index in [1.807, 2.05) is 31.2 Å². The van der Waals surface area contributed by atoms with Gasteiger partial charge < -0.3 is 4.90 Å². The fourth-order valence-corrected chi connectivity index (χ4v) is 2.85. The predicted octanol–water partition coefficient (Wildman–Crippen LogP) is 2.88. The average molecular weight is 294 g/mol. The zero-order valence-electron chi connectivity index (χ0n) is 12.5. The molecule has 1 fully saturated rings. The molecule has 4 heteroatoms. The summed E-state index contributed by atoms with van der Waals surface area (Å²) in [5, 5.41) is 0. The van der Waals surface area contributed by atoms with Crippen LogP contribution in [0.25, 0.3) is 0 Å². The first-order valence-electron chi connectivity index (χ1n) is 7.48. The molecule has 0 aliphatic carbocycles. The quantitative estimate of drug-likeness (QED) is 0.818. The molecular formula is C18H18N2O2. The molecule has 1 aromatic heterocycles. The van der Waals surface area contributed by atoms with E-state index in [-0.39, 0.29) is 17.7 Å². The number of hydrogen-bond acceptors (Lipinski definition) is 3. The molecule has 1 aliphatic heterocycles. The number of Topliss-reactive ketones (excluding diaryl/α,β-unsaturated/α-hetero) is 1. The van der Waals surface area contributed by atoms with Crippen LogP contribution in [0.1, 0.15) is 39.1 Å². The molecule has 0 bridgehead atoms. The first kappa shape index (κ1) is 14.4. The molecule has 0 N–H and O–H groups in total. The van der Waals surface area contributed by atoms with Crippen LogP contribution in [0.15, 0.2) is 48.8 Å². The Morgan fingerprint density at radius 2 is 1.73 bits per heavy atom. The molecule has 1 aromatic carbocycles. The molecule has 1 saturated heterocycles. The van der Waals surface area contributed by atoms with E-state index in [4.69, 9.17) is 0 Å². The lowest BCUT2D eigenvalue weighted by Gasteiger charge is -2.23. The van der Waals surface area contributed by atoms with Gasteiger partial charge in [0.2, 0.25) is 0 Å². The van der Waals surface area contributed by atoms with Gasteiger partial charge in [0.05, 0.1) is 6.04 Å². The van der Waals surface area contributed by atoms with Gasteiger partial charge in [-0.1, -0.05) is 29.8 Å². The van der Waals surface area contributed by atoms with Gasteiger partial charge in [0, 0.05) is 30.1 Å². The van der Waals surface area contributed by atoms with Crippen molar-refractivity contribution >= 4 is 11.7 Å². The zero-order valence-corrected chi connectivity index (χ0v) is 12.5. The number of pyridine rings is 1. The average Bonchev–Trinajstić information content (AvgIpc) is 3.04. The van der Waals surface area contributed by atoms with Crippen LogP contribution in [-0.4, -0.2) is 34.2 Å². The van der Waals surface area contributed by atoms with E-state index in [1.165, 1.54) is 0 Å². The van der Waals surface area contributed by atoms with Gasteiger partial charge in [0.15, 0.2) is 5.78 Å². The largest absolute Gasteiger partial charge is 0.328 e. The van der Waals surface area contributed by atoms with Crippen LogP contribution >= 0.6 is 0 Å². The van der Waals surface area contributed by atoms with Gasteiger partial charge in [-0.2, -0.15) is 0 Å². The second kappa shape index (κ2) is 6.10. The molecule has 1 atom stereocenters. The molecule has 1 aliphatic rings. The van der Waals surface area contributed by atoms with Crippen molar-refractivity contribution in [3.8, 4) is 0 Å². The predicted molar refractivity (Wildman–Crippen MR) is 83.8 cm³/mol. The van der Waals surface area contributed by atoms with Crippen molar-refractivity contribution in [2.75, 3.05) is 6.54 Å². The third-order valence-corrected chi connectivity index (χ3v) is 4.08. The van der Waals surface area contributed by atoms with E-state index in [0.29, 0.717) is 17.7 Å². The summed E-state index contributed by atoms with van der Waals surface area (Å²) in [6, 6.07) is 10.6. The highest BCUT2D eigenvalue weighted by molar-refractivity contribution is 6.04. The minimum absolute atomic E-state index is 0.0277. The van der Waals surface area contributed by atoms with E-state index in [9.17, 15) is 9.59 Å². The molecule has 0 radical (unpaired) electrons. The summed E-state index contributed by atoms with van der Waals surface area (Å²) >= 11 is 0. The van der Waals surface area contributed by atoms with Gasteiger partial charge >= 0.3 is 0 Å². The van der Waals surface area contributed by atoms with E-state index in [2.05, 4.69) is 4.98 Å². The fraction of sp³-hybridized carbons (Fsp3) is 0.278.